The summed E-state index contributed by atoms with van der Waals surface area (Å²) in [7, 11) is 0. The Morgan fingerprint density at radius 3 is 2.77 bits per heavy atom. The molecule has 0 radical (unpaired) electrons. The van der Waals surface area contributed by atoms with E-state index < -0.39 is 6.10 Å². The lowest BCUT2D eigenvalue weighted by molar-refractivity contribution is -0.123. The SMILES string of the molecule is CCCCNC(=O)CC(O)CCO. The highest BCUT2D eigenvalue weighted by atomic mass is 16.3. The molecular weight excluding hydrogens is 170 g/mol. The van der Waals surface area contributed by atoms with Crippen LogP contribution in [0.15, 0.2) is 0 Å². The van der Waals surface area contributed by atoms with Crippen LogP contribution in [0.4, 0.5) is 0 Å². The van der Waals surface area contributed by atoms with E-state index in [4.69, 9.17) is 10.2 Å². The number of hydrogen-bond acceptors (Lipinski definition) is 3. The summed E-state index contributed by atoms with van der Waals surface area (Å²) >= 11 is 0. The van der Waals surface area contributed by atoms with E-state index in [9.17, 15) is 4.79 Å². The Hall–Kier alpha value is -0.610. The molecule has 3 N–H and O–H groups in total. The number of nitrogens with one attached hydrogen (secondary N) is 1. The molecule has 0 rings (SSSR count). The maximum Gasteiger partial charge on any atom is 0.222 e. The van der Waals surface area contributed by atoms with Crippen LogP contribution in [0.2, 0.25) is 0 Å². The molecule has 78 valence electrons. The van der Waals surface area contributed by atoms with Crippen molar-refractivity contribution >= 4 is 5.91 Å². The van der Waals surface area contributed by atoms with Gasteiger partial charge < -0.3 is 15.5 Å². The highest BCUT2D eigenvalue weighted by Gasteiger charge is 2.08. The smallest absolute Gasteiger partial charge is 0.222 e. The van der Waals surface area contributed by atoms with Crippen LogP contribution in [0.3, 0.4) is 0 Å². The van der Waals surface area contributed by atoms with E-state index >= 15 is 0 Å². The number of hydrogen-bond donors (Lipinski definition) is 3. The largest absolute Gasteiger partial charge is 0.396 e. The van der Waals surface area contributed by atoms with Crippen LogP contribution >= 0.6 is 0 Å². The maximum absolute atomic E-state index is 11.1. The van der Waals surface area contributed by atoms with Gasteiger partial charge in [-0.3, -0.25) is 4.79 Å². The van der Waals surface area contributed by atoms with E-state index in [1.165, 1.54) is 0 Å². The number of aliphatic hydroxyl groups is 2. The Morgan fingerprint density at radius 1 is 1.54 bits per heavy atom. The molecule has 1 atom stereocenters. The third-order valence-corrected chi connectivity index (χ3v) is 1.74. The molecule has 4 nitrogen and oxygen atoms in total. The highest BCUT2D eigenvalue weighted by molar-refractivity contribution is 5.76. The Bertz CT molecular complexity index is 139. The molecule has 13 heavy (non-hydrogen) atoms. The summed E-state index contributed by atoms with van der Waals surface area (Å²) in [6, 6.07) is 0. The normalized spacial score (nSPS) is 12.5. The van der Waals surface area contributed by atoms with Crippen LogP contribution in [0, 0.1) is 0 Å². The first-order valence-electron chi connectivity index (χ1n) is 4.76. The van der Waals surface area contributed by atoms with Crippen LogP contribution in [-0.4, -0.2) is 35.4 Å². The summed E-state index contributed by atoms with van der Waals surface area (Å²) in [5.41, 5.74) is 0. The maximum atomic E-state index is 11.1. The molecule has 0 saturated carbocycles. The summed E-state index contributed by atoms with van der Waals surface area (Å²) < 4.78 is 0. The standard InChI is InChI=1S/C9H19NO3/c1-2-3-5-10-9(13)7-8(12)4-6-11/h8,11-12H,2-7H2,1H3,(H,10,13). The average Bonchev–Trinajstić information content (AvgIpc) is 2.05. The van der Waals surface area contributed by atoms with Gasteiger partial charge in [-0.1, -0.05) is 13.3 Å². The Balaban J connectivity index is 3.38. The van der Waals surface area contributed by atoms with Crippen molar-refractivity contribution in [1.82, 2.24) is 5.32 Å². The molecule has 0 aliphatic carbocycles. The van der Waals surface area contributed by atoms with Crippen LogP contribution in [0.5, 0.6) is 0 Å². The van der Waals surface area contributed by atoms with Crippen molar-refractivity contribution in [2.75, 3.05) is 13.2 Å². The molecule has 4 heteroatoms. The molecule has 0 aliphatic rings. The quantitative estimate of drug-likeness (QED) is 0.495. The van der Waals surface area contributed by atoms with Crippen molar-refractivity contribution in [3.63, 3.8) is 0 Å². The molecule has 0 heterocycles. The number of carbonyl (C=O) groups excluding carboxylic acids is 1. The van der Waals surface area contributed by atoms with Gasteiger partial charge in [-0.2, -0.15) is 0 Å². The molecule has 0 spiro atoms. The fourth-order valence-electron chi connectivity index (χ4n) is 0.942. The molecule has 0 aromatic rings. The molecule has 0 saturated heterocycles. The minimum atomic E-state index is -0.716. The molecule has 0 fully saturated rings. The molecule has 1 unspecified atom stereocenters. The number of unbranched alkanes of at least 4 members (excludes halogenated alkanes) is 1. The van der Waals surface area contributed by atoms with E-state index in [-0.39, 0.29) is 25.4 Å². The lowest BCUT2D eigenvalue weighted by Gasteiger charge is -2.08. The van der Waals surface area contributed by atoms with E-state index in [1.807, 2.05) is 6.92 Å². The van der Waals surface area contributed by atoms with Crippen molar-refractivity contribution < 1.29 is 15.0 Å². The van der Waals surface area contributed by atoms with Crippen molar-refractivity contribution in [2.24, 2.45) is 0 Å². The highest BCUT2D eigenvalue weighted by Crippen LogP contribution is 1.96. The molecule has 0 aliphatic heterocycles. The van der Waals surface area contributed by atoms with Gasteiger partial charge >= 0.3 is 0 Å². The van der Waals surface area contributed by atoms with Gasteiger partial charge in [0, 0.05) is 13.2 Å². The molecule has 1 amide bonds. The summed E-state index contributed by atoms with van der Waals surface area (Å²) in [6.07, 6.45) is 1.64. The van der Waals surface area contributed by atoms with Gasteiger partial charge in [0.1, 0.15) is 0 Å². The molecule has 0 bridgehead atoms. The van der Waals surface area contributed by atoms with Gasteiger partial charge in [-0.25, -0.2) is 0 Å². The van der Waals surface area contributed by atoms with Gasteiger partial charge in [0.05, 0.1) is 12.5 Å². The third-order valence-electron chi connectivity index (χ3n) is 1.74. The van der Waals surface area contributed by atoms with Crippen LogP contribution < -0.4 is 5.32 Å². The van der Waals surface area contributed by atoms with Gasteiger partial charge in [-0.15, -0.1) is 0 Å². The van der Waals surface area contributed by atoms with E-state index in [0.717, 1.165) is 12.8 Å². The topological polar surface area (TPSA) is 69.6 Å². The predicted octanol–water partition coefficient (Wildman–Crippen LogP) is 0.0361. The second-order valence-electron chi connectivity index (χ2n) is 3.07. The number of rotatable bonds is 7. The van der Waals surface area contributed by atoms with Crippen LogP contribution in [0.1, 0.15) is 32.6 Å². The van der Waals surface area contributed by atoms with Crippen molar-refractivity contribution in [3.05, 3.63) is 0 Å². The third kappa shape index (κ3) is 7.74. The zero-order valence-electron chi connectivity index (χ0n) is 8.12. The fourth-order valence-corrected chi connectivity index (χ4v) is 0.942. The fraction of sp³-hybridized carbons (Fsp3) is 0.889. The lowest BCUT2D eigenvalue weighted by Crippen LogP contribution is -2.28. The summed E-state index contributed by atoms with van der Waals surface area (Å²) in [6.45, 7) is 2.64. The second kappa shape index (κ2) is 8.01. The lowest BCUT2D eigenvalue weighted by atomic mass is 10.2. The monoisotopic (exact) mass is 189 g/mol. The summed E-state index contributed by atoms with van der Waals surface area (Å²) in [5, 5.41) is 20.3. The predicted molar refractivity (Wildman–Crippen MR) is 50.2 cm³/mol. The summed E-state index contributed by atoms with van der Waals surface area (Å²) in [5.74, 6) is -0.144. The van der Waals surface area contributed by atoms with E-state index in [1.54, 1.807) is 0 Å². The number of carbonyl (C=O) groups is 1. The zero-order valence-corrected chi connectivity index (χ0v) is 8.12. The summed E-state index contributed by atoms with van der Waals surface area (Å²) in [4.78, 5) is 11.1. The van der Waals surface area contributed by atoms with Crippen molar-refractivity contribution in [2.45, 2.75) is 38.7 Å². The van der Waals surface area contributed by atoms with E-state index in [0.29, 0.717) is 6.54 Å². The average molecular weight is 189 g/mol. The van der Waals surface area contributed by atoms with Gasteiger partial charge in [0.15, 0.2) is 0 Å². The van der Waals surface area contributed by atoms with Crippen LogP contribution in [0.25, 0.3) is 0 Å². The number of aliphatic hydroxyl groups excluding tert-OH is 2. The molecule has 0 aromatic carbocycles. The minimum Gasteiger partial charge on any atom is -0.396 e. The van der Waals surface area contributed by atoms with Gasteiger partial charge in [0.2, 0.25) is 5.91 Å². The first-order valence-corrected chi connectivity index (χ1v) is 4.76. The Labute approximate surface area is 79.0 Å². The van der Waals surface area contributed by atoms with Gasteiger partial charge in [0.25, 0.3) is 0 Å². The van der Waals surface area contributed by atoms with Crippen molar-refractivity contribution in [1.29, 1.82) is 0 Å². The Morgan fingerprint density at radius 2 is 2.23 bits per heavy atom. The minimum absolute atomic E-state index is 0.0800. The zero-order chi connectivity index (χ0) is 10.1. The first-order chi connectivity index (χ1) is 6.20. The van der Waals surface area contributed by atoms with Gasteiger partial charge in [-0.05, 0) is 12.8 Å². The number of amides is 1. The van der Waals surface area contributed by atoms with E-state index in [2.05, 4.69) is 5.32 Å². The first kappa shape index (κ1) is 12.4. The second-order valence-corrected chi connectivity index (χ2v) is 3.07. The van der Waals surface area contributed by atoms with Crippen molar-refractivity contribution in [3.8, 4) is 0 Å². The molecular formula is C9H19NO3. The van der Waals surface area contributed by atoms with Crippen LogP contribution in [-0.2, 0) is 4.79 Å². The Kier molecular flexibility index (Phi) is 7.63. The molecule has 0 aromatic heterocycles.